The molecule has 1 aromatic carbocycles. The van der Waals surface area contributed by atoms with E-state index in [2.05, 4.69) is 9.83 Å². The van der Waals surface area contributed by atoms with Gasteiger partial charge in [0, 0.05) is 13.1 Å². The van der Waals surface area contributed by atoms with E-state index in [-0.39, 0.29) is 22.0 Å². The molecule has 0 spiro atoms. The highest BCUT2D eigenvalue weighted by Crippen LogP contribution is 2.20. The molecule has 2 heterocycles. The molecule has 24 heavy (non-hydrogen) atoms. The van der Waals surface area contributed by atoms with Crippen molar-refractivity contribution in [3.05, 3.63) is 76.0 Å². The Morgan fingerprint density at radius 2 is 1.96 bits per heavy atom. The van der Waals surface area contributed by atoms with E-state index in [4.69, 9.17) is 6.57 Å². The van der Waals surface area contributed by atoms with Gasteiger partial charge in [0.15, 0.2) is 9.84 Å². The van der Waals surface area contributed by atoms with Gasteiger partial charge in [0.1, 0.15) is 11.1 Å². The van der Waals surface area contributed by atoms with Crippen molar-refractivity contribution in [3.63, 3.8) is 0 Å². The number of aromatic nitrogens is 2. The number of nitrogens with zero attached hydrogens (tertiary/aromatic N) is 3. The lowest BCUT2D eigenvalue weighted by atomic mass is 10.1. The lowest BCUT2D eigenvalue weighted by molar-refractivity contribution is 0.595. The first-order valence-corrected chi connectivity index (χ1v) is 8.71. The van der Waals surface area contributed by atoms with E-state index in [1.54, 1.807) is 31.3 Å². The molecule has 0 aliphatic heterocycles. The fourth-order valence-corrected chi connectivity index (χ4v) is 3.72. The van der Waals surface area contributed by atoms with Gasteiger partial charge in [-0.2, -0.15) is 0 Å². The lowest BCUT2D eigenvalue weighted by Crippen LogP contribution is -2.15. The van der Waals surface area contributed by atoms with Gasteiger partial charge in [-0.25, -0.2) is 8.42 Å². The molecule has 2 aromatic heterocycles. The Bertz CT molecular complexity index is 1120. The Kier molecular flexibility index (Phi) is 3.91. The van der Waals surface area contributed by atoms with Gasteiger partial charge in [0.05, 0.1) is 11.3 Å². The van der Waals surface area contributed by atoms with Crippen molar-refractivity contribution in [2.24, 2.45) is 7.05 Å². The van der Waals surface area contributed by atoms with Gasteiger partial charge in [-0.1, -0.05) is 12.6 Å². The normalized spacial score (nSPS) is 11.3. The maximum Gasteiger partial charge on any atom is 0.269 e. The highest BCUT2D eigenvalue weighted by atomic mass is 32.2. The summed E-state index contributed by atoms with van der Waals surface area (Å²) < 4.78 is 26.5. The average Bonchev–Trinajstić information content (AvgIpc) is 2.58. The zero-order chi connectivity index (χ0) is 17.3. The van der Waals surface area contributed by atoms with Crippen molar-refractivity contribution in [1.29, 1.82) is 0 Å². The Labute approximate surface area is 138 Å². The van der Waals surface area contributed by atoms with Gasteiger partial charge in [-0.05, 0) is 41.3 Å². The van der Waals surface area contributed by atoms with E-state index in [9.17, 15) is 13.2 Å². The fraction of sp³-hybridized carbons (Fsp3) is 0.118. The number of sulfone groups is 1. The van der Waals surface area contributed by atoms with Crippen molar-refractivity contribution in [3.8, 4) is 0 Å². The number of hydrogen-bond donors (Lipinski definition) is 0. The van der Waals surface area contributed by atoms with Crippen LogP contribution in [0.4, 0.5) is 5.82 Å². The molecule has 3 rings (SSSR count). The molecule has 0 saturated carbocycles. The molecular formula is C17H13N3O3S. The van der Waals surface area contributed by atoms with Gasteiger partial charge in [0.2, 0.25) is 0 Å². The van der Waals surface area contributed by atoms with E-state index in [1.807, 2.05) is 0 Å². The van der Waals surface area contributed by atoms with E-state index >= 15 is 0 Å². The fourth-order valence-electron chi connectivity index (χ4n) is 2.45. The smallest absolute Gasteiger partial charge is 0.269 e. The van der Waals surface area contributed by atoms with Gasteiger partial charge in [-0.3, -0.25) is 4.79 Å². The van der Waals surface area contributed by atoms with Gasteiger partial charge < -0.3 is 9.41 Å². The molecule has 0 N–H and O–H groups in total. The van der Waals surface area contributed by atoms with E-state index in [0.717, 1.165) is 10.9 Å². The van der Waals surface area contributed by atoms with Crippen molar-refractivity contribution in [1.82, 2.24) is 9.55 Å². The van der Waals surface area contributed by atoms with E-state index in [0.29, 0.717) is 5.56 Å². The summed E-state index contributed by atoms with van der Waals surface area (Å²) in [7, 11) is -1.89. The summed E-state index contributed by atoms with van der Waals surface area (Å²) in [4.78, 5) is 18.7. The molecule has 0 bridgehead atoms. The standard InChI is InChI=1S/C17H13N3O3S/c1-18-16-7-5-14(10-19-16)24(22,23)11-12-3-6-15-13(9-12)4-8-17(21)20(15)2/h3-10H,11H2,2H3. The van der Waals surface area contributed by atoms with Crippen LogP contribution in [0.2, 0.25) is 0 Å². The van der Waals surface area contributed by atoms with Crippen LogP contribution in [0, 0.1) is 6.57 Å². The molecule has 0 aliphatic rings. The Balaban J connectivity index is 1.97. The Morgan fingerprint density at radius 3 is 2.62 bits per heavy atom. The summed E-state index contributed by atoms with van der Waals surface area (Å²) in [6, 6.07) is 11.1. The lowest BCUT2D eigenvalue weighted by Gasteiger charge is -2.07. The number of aryl methyl sites for hydroxylation is 1. The van der Waals surface area contributed by atoms with Crippen molar-refractivity contribution in [2.45, 2.75) is 10.6 Å². The Morgan fingerprint density at radius 1 is 1.17 bits per heavy atom. The highest BCUT2D eigenvalue weighted by Gasteiger charge is 2.17. The molecular weight excluding hydrogens is 326 g/mol. The number of hydrogen-bond acceptors (Lipinski definition) is 4. The predicted molar refractivity (Wildman–Crippen MR) is 90.6 cm³/mol. The van der Waals surface area contributed by atoms with Crippen LogP contribution in [0.15, 0.2) is 58.4 Å². The van der Waals surface area contributed by atoms with Crippen molar-refractivity contribution in [2.75, 3.05) is 0 Å². The molecule has 0 unspecified atom stereocenters. The van der Waals surface area contributed by atoms with Crippen LogP contribution >= 0.6 is 0 Å². The second-order valence-electron chi connectivity index (χ2n) is 5.35. The van der Waals surface area contributed by atoms with Crippen LogP contribution in [0.1, 0.15) is 5.56 Å². The molecule has 120 valence electrons. The number of pyridine rings is 2. The second kappa shape index (κ2) is 5.91. The maximum absolute atomic E-state index is 12.5. The first-order valence-electron chi connectivity index (χ1n) is 7.06. The minimum Gasteiger partial charge on any atom is -0.361 e. The van der Waals surface area contributed by atoms with Crippen molar-refractivity contribution < 1.29 is 8.42 Å². The van der Waals surface area contributed by atoms with Gasteiger partial charge in [-0.15, -0.1) is 4.98 Å². The second-order valence-corrected chi connectivity index (χ2v) is 7.34. The molecule has 0 amide bonds. The third-order valence-corrected chi connectivity index (χ3v) is 5.41. The quantitative estimate of drug-likeness (QED) is 0.687. The number of benzene rings is 1. The monoisotopic (exact) mass is 339 g/mol. The average molecular weight is 339 g/mol. The molecule has 6 nitrogen and oxygen atoms in total. The van der Waals surface area contributed by atoms with Gasteiger partial charge in [0.25, 0.3) is 11.4 Å². The zero-order valence-electron chi connectivity index (χ0n) is 12.8. The van der Waals surface area contributed by atoms with Crippen LogP contribution in [0.25, 0.3) is 15.7 Å². The topological polar surface area (TPSA) is 73.4 Å². The molecule has 0 aliphatic carbocycles. The minimum absolute atomic E-state index is 0.0791. The minimum atomic E-state index is -3.56. The van der Waals surface area contributed by atoms with Crippen LogP contribution < -0.4 is 5.56 Å². The molecule has 0 saturated heterocycles. The summed E-state index contributed by atoms with van der Waals surface area (Å²) in [5.74, 6) is -0.0225. The van der Waals surface area contributed by atoms with E-state index < -0.39 is 9.84 Å². The molecule has 3 aromatic rings. The van der Waals surface area contributed by atoms with E-state index in [1.165, 1.54) is 29.0 Å². The first-order chi connectivity index (χ1) is 11.4. The largest absolute Gasteiger partial charge is 0.361 e. The third-order valence-electron chi connectivity index (χ3n) is 3.74. The SMILES string of the molecule is [C-]#[N+]c1ccc(S(=O)(=O)Cc2ccc3c(ccc(=O)n3C)c2)cn1. The molecule has 0 fully saturated rings. The number of fused-ring (bicyclic) bond motifs is 1. The molecule has 7 heteroatoms. The Hall–Kier alpha value is -2.98. The summed E-state index contributed by atoms with van der Waals surface area (Å²) in [6.45, 7) is 6.85. The summed E-state index contributed by atoms with van der Waals surface area (Å²) in [5.41, 5.74) is 1.25. The van der Waals surface area contributed by atoms with Crippen LogP contribution in [0.5, 0.6) is 0 Å². The summed E-state index contributed by atoms with van der Waals surface area (Å²) in [5, 5.41) is 0.797. The van der Waals surface area contributed by atoms with Gasteiger partial charge >= 0.3 is 0 Å². The first kappa shape index (κ1) is 15.9. The van der Waals surface area contributed by atoms with Crippen molar-refractivity contribution >= 4 is 26.6 Å². The molecule has 0 radical (unpaired) electrons. The predicted octanol–water partition coefficient (Wildman–Crippen LogP) is 2.46. The zero-order valence-corrected chi connectivity index (χ0v) is 13.6. The summed E-state index contributed by atoms with van der Waals surface area (Å²) in [6.07, 6.45) is 1.20. The summed E-state index contributed by atoms with van der Waals surface area (Å²) >= 11 is 0. The molecule has 0 atom stereocenters. The highest BCUT2D eigenvalue weighted by molar-refractivity contribution is 7.90. The third kappa shape index (κ3) is 2.92. The van der Waals surface area contributed by atoms with Crippen LogP contribution in [-0.2, 0) is 22.6 Å². The van der Waals surface area contributed by atoms with Crippen LogP contribution in [-0.4, -0.2) is 18.0 Å². The maximum atomic E-state index is 12.5. The van der Waals surface area contributed by atoms with Crippen LogP contribution in [0.3, 0.4) is 0 Å². The number of rotatable bonds is 3.